The van der Waals surface area contributed by atoms with Crippen LogP contribution in [0.4, 0.5) is 0 Å². The minimum absolute atomic E-state index is 0.0385. The van der Waals surface area contributed by atoms with E-state index >= 15 is 0 Å². The highest BCUT2D eigenvalue weighted by molar-refractivity contribution is 5.96. The lowest BCUT2D eigenvalue weighted by molar-refractivity contribution is -0.129. The molecule has 2 N–H and O–H groups in total. The lowest BCUT2D eigenvalue weighted by Gasteiger charge is -2.16. The van der Waals surface area contributed by atoms with Crippen molar-refractivity contribution in [3.8, 4) is 0 Å². The van der Waals surface area contributed by atoms with E-state index in [1.807, 2.05) is 13.8 Å². The Morgan fingerprint density at radius 2 is 1.67 bits per heavy atom. The van der Waals surface area contributed by atoms with Crippen LogP contribution in [-0.4, -0.2) is 24.4 Å². The molecular formula is C14H26N2O2. The molecular weight excluding hydrogens is 228 g/mol. The maximum absolute atomic E-state index is 11.7. The molecule has 2 amide bonds. The van der Waals surface area contributed by atoms with E-state index in [1.165, 1.54) is 25.7 Å². The molecule has 0 radical (unpaired) electrons. The van der Waals surface area contributed by atoms with Crippen molar-refractivity contribution in [3.05, 3.63) is 0 Å². The molecule has 0 unspecified atom stereocenters. The summed E-state index contributed by atoms with van der Waals surface area (Å²) in [5, 5.41) is 5.74. The highest BCUT2D eigenvalue weighted by Gasteiger charge is 2.16. The van der Waals surface area contributed by atoms with Crippen LogP contribution in [0.15, 0.2) is 0 Å². The van der Waals surface area contributed by atoms with Crippen molar-refractivity contribution in [2.75, 3.05) is 6.54 Å². The standard InChI is InChI=1S/C14H26N2O2/c1-11(2)10-15-13(17)9-14(18)16-12-7-5-3-4-6-8-12/h11-12H,3-10H2,1-2H3,(H,15,17)(H,16,18). The van der Waals surface area contributed by atoms with Gasteiger partial charge in [-0.15, -0.1) is 0 Å². The van der Waals surface area contributed by atoms with Crippen molar-refractivity contribution in [3.63, 3.8) is 0 Å². The Labute approximate surface area is 110 Å². The number of amides is 2. The van der Waals surface area contributed by atoms with Crippen molar-refractivity contribution >= 4 is 11.8 Å². The van der Waals surface area contributed by atoms with E-state index < -0.39 is 0 Å². The number of nitrogens with one attached hydrogen (secondary N) is 2. The van der Waals surface area contributed by atoms with Gasteiger partial charge in [-0.3, -0.25) is 9.59 Å². The SMILES string of the molecule is CC(C)CNC(=O)CC(=O)NC1CCCCCC1. The molecule has 0 aromatic heterocycles. The predicted octanol–water partition coefficient (Wildman–Crippen LogP) is 1.99. The van der Waals surface area contributed by atoms with Crippen LogP contribution in [0.2, 0.25) is 0 Å². The Kier molecular flexibility index (Phi) is 6.76. The molecule has 0 aliphatic heterocycles. The smallest absolute Gasteiger partial charge is 0.229 e. The van der Waals surface area contributed by atoms with Gasteiger partial charge in [0.2, 0.25) is 11.8 Å². The van der Waals surface area contributed by atoms with Crippen molar-refractivity contribution in [1.29, 1.82) is 0 Å². The Hall–Kier alpha value is -1.06. The molecule has 1 aliphatic carbocycles. The first-order valence-corrected chi connectivity index (χ1v) is 7.14. The van der Waals surface area contributed by atoms with Crippen molar-refractivity contribution in [2.24, 2.45) is 5.92 Å². The van der Waals surface area contributed by atoms with Gasteiger partial charge < -0.3 is 10.6 Å². The summed E-state index contributed by atoms with van der Waals surface area (Å²) in [6.07, 6.45) is 6.97. The summed E-state index contributed by atoms with van der Waals surface area (Å²) in [6.45, 7) is 4.70. The molecule has 0 saturated heterocycles. The molecule has 0 heterocycles. The average molecular weight is 254 g/mol. The summed E-state index contributed by atoms with van der Waals surface area (Å²) in [5.41, 5.74) is 0. The lowest BCUT2D eigenvalue weighted by atomic mass is 10.1. The first-order chi connectivity index (χ1) is 8.58. The van der Waals surface area contributed by atoms with E-state index in [9.17, 15) is 9.59 Å². The maximum Gasteiger partial charge on any atom is 0.229 e. The average Bonchev–Trinajstić information content (AvgIpc) is 2.54. The van der Waals surface area contributed by atoms with Crippen molar-refractivity contribution < 1.29 is 9.59 Å². The molecule has 0 atom stereocenters. The molecule has 18 heavy (non-hydrogen) atoms. The lowest BCUT2D eigenvalue weighted by Crippen LogP contribution is -2.38. The normalized spacial score (nSPS) is 17.3. The summed E-state index contributed by atoms with van der Waals surface area (Å²) in [6, 6.07) is 0.276. The third-order valence-electron chi connectivity index (χ3n) is 3.25. The summed E-state index contributed by atoms with van der Waals surface area (Å²) in [5.74, 6) is 0.108. The molecule has 4 nitrogen and oxygen atoms in total. The van der Waals surface area contributed by atoms with Gasteiger partial charge >= 0.3 is 0 Å². The number of rotatable bonds is 5. The minimum Gasteiger partial charge on any atom is -0.355 e. The van der Waals surface area contributed by atoms with Crippen LogP contribution in [0.5, 0.6) is 0 Å². The Bertz CT molecular complexity index is 269. The van der Waals surface area contributed by atoms with Gasteiger partial charge in [0.1, 0.15) is 6.42 Å². The minimum atomic E-state index is -0.171. The molecule has 4 heteroatoms. The molecule has 1 rings (SSSR count). The molecule has 104 valence electrons. The number of carbonyl (C=O) groups excluding carboxylic acids is 2. The monoisotopic (exact) mass is 254 g/mol. The Morgan fingerprint density at radius 1 is 1.06 bits per heavy atom. The molecule has 0 bridgehead atoms. The second kappa shape index (κ2) is 8.11. The van der Waals surface area contributed by atoms with E-state index in [0.717, 1.165) is 12.8 Å². The number of carbonyl (C=O) groups is 2. The molecule has 1 aliphatic rings. The van der Waals surface area contributed by atoms with E-state index in [2.05, 4.69) is 10.6 Å². The largest absolute Gasteiger partial charge is 0.355 e. The molecule has 0 aromatic rings. The molecule has 1 saturated carbocycles. The zero-order valence-corrected chi connectivity index (χ0v) is 11.6. The van der Waals surface area contributed by atoms with E-state index in [1.54, 1.807) is 0 Å². The van der Waals surface area contributed by atoms with Crippen LogP contribution >= 0.6 is 0 Å². The van der Waals surface area contributed by atoms with Gasteiger partial charge in [0.25, 0.3) is 0 Å². The predicted molar refractivity (Wildman–Crippen MR) is 72.1 cm³/mol. The van der Waals surface area contributed by atoms with E-state index in [0.29, 0.717) is 12.5 Å². The fourth-order valence-electron chi connectivity index (χ4n) is 2.23. The van der Waals surface area contributed by atoms with Gasteiger partial charge in [-0.1, -0.05) is 39.5 Å². The quantitative estimate of drug-likeness (QED) is 0.582. The summed E-state index contributed by atoms with van der Waals surface area (Å²) >= 11 is 0. The summed E-state index contributed by atoms with van der Waals surface area (Å²) < 4.78 is 0. The third-order valence-corrected chi connectivity index (χ3v) is 3.25. The van der Waals surface area contributed by atoms with Crippen LogP contribution in [0.1, 0.15) is 58.8 Å². The van der Waals surface area contributed by atoms with Crippen LogP contribution < -0.4 is 10.6 Å². The second-order valence-corrected chi connectivity index (χ2v) is 5.63. The van der Waals surface area contributed by atoms with Crippen molar-refractivity contribution in [1.82, 2.24) is 10.6 Å². The van der Waals surface area contributed by atoms with Gasteiger partial charge in [-0.25, -0.2) is 0 Å². The maximum atomic E-state index is 11.7. The van der Waals surface area contributed by atoms with Crippen LogP contribution in [0, 0.1) is 5.92 Å². The first kappa shape index (κ1) is 15.0. The van der Waals surface area contributed by atoms with Gasteiger partial charge in [0, 0.05) is 12.6 Å². The third kappa shape index (κ3) is 6.62. The van der Waals surface area contributed by atoms with Gasteiger partial charge in [-0.05, 0) is 18.8 Å². The molecule has 1 fully saturated rings. The summed E-state index contributed by atoms with van der Waals surface area (Å²) in [4.78, 5) is 23.2. The van der Waals surface area contributed by atoms with Crippen LogP contribution in [-0.2, 0) is 9.59 Å². The van der Waals surface area contributed by atoms with Crippen molar-refractivity contribution in [2.45, 2.75) is 64.8 Å². The van der Waals surface area contributed by atoms with Crippen LogP contribution in [0.3, 0.4) is 0 Å². The summed E-state index contributed by atoms with van der Waals surface area (Å²) in [7, 11) is 0. The van der Waals surface area contributed by atoms with Gasteiger partial charge in [0.05, 0.1) is 0 Å². The number of hydrogen-bond donors (Lipinski definition) is 2. The Balaban J connectivity index is 2.21. The second-order valence-electron chi connectivity index (χ2n) is 5.63. The topological polar surface area (TPSA) is 58.2 Å². The van der Waals surface area contributed by atoms with Crippen LogP contribution in [0.25, 0.3) is 0 Å². The Morgan fingerprint density at radius 3 is 2.22 bits per heavy atom. The van der Waals surface area contributed by atoms with Gasteiger partial charge in [0.15, 0.2) is 0 Å². The zero-order chi connectivity index (χ0) is 13.4. The fraction of sp³-hybridized carbons (Fsp3) is 0.857. The first-order valence-electron chi connectivity index (χ1n) is 7.14. The highest BCUT2D eigenvalue weighted by atomic mass is 16.2. The van der Waals surface area contributed by atoms with E-state index in [4.69, 9.17) is 0 Å². The molecule has 0 spiro atoms. The zero-order valence-electron chi connectivity index (χ0n) is 11.6. The van der Waals surface area contributed by atoms with E-state index in [-0.39, 0.29) is 24.3 Å². The number of hydrogen-bond acceptors (Lipinski definition) is 2. The van der Waals surface area contributed by atoms with Gasteiger partial charge in [-0.2, -0.15) is 0 Å². The molecule has 0 aromatic carbocycles. The highest BCUT2D eigenvalue weighted by Crippen LogP contribution is 2.17. The fourth-order valence-corrected chi connectivity index (χ4v) is 2.23.